The average molecular weight is 281 g/mol. The van der Waals surface area contributed by atoms with Crippen LogP contribution in [0.25, 0.3) is 0 Å². The first-order valence-corrected chi connectivity index (χ1v) is 7.73. The molecule has 0 bridgehead atoms. The molecule has 2 amide bonds. The van der Waals surface area contributed by atoms with Crippen molar-refractivity contribution < 1.29 is 9.59 Å². The van der Waals surface area contributed by atoms with E-state index in [1.807, 2.05) is 4.90 Å². The number of amides is 2. The van der Waals surface area contributed by atoms with E-state index in [-0.39, 0.29) is 17.4 Å². The molecule has 0 spiro atoms. The minimum atomic E-state index is -0.221. The van der Waals surface area contributed by atoms with Gasteiger partial charge < -0.3 is 15.5 Å². The van der Waals surface area contributed by atoms with Gasteiger partial charge in [-0.2, -0.15) is 0 Å². The van der Waals surface area contributed by atoms with E-state index in [4.69, 9.17) is 0 Å². The van der Waals surface area contributed by atoms with Crippen molar-refractivity contribution in [2.24, 2.45) is 11.3 Å². The zero-order valence-electron chi connectivity index (χ0n) is 12.9. The van der Waals surface area contributed by atoms with E-state index in [2.05, 4.69) is 24.5 Å². The molecular weight excluding hydrogens is 254 g/mol. The maximum absolute atomic E-state index is 12.9. The Labute approximate surface area is 121 Å². The highest BCUT2D eigenvalue weighted by Crippen LogP contribution is 2.36. The highest BCUT2D eigenvalue weighted by atomic mass is 16.2. The molecule has 0 aromatic rings. The number of rotatable bonds is 3. The Morgan fingerprint density at radius 3 is 2.40 bits per heavy atom. The lowest BCUT2D eigenvalue weighted by Crippen LogP contribution is -2.53. The molecule has 0 aliphatic carbocycles. The van der Waals surface area contributed by atoms with Crippen LogP contribution in [0.4, 0.5) is 0 Å². The van der Waals surface area contributed by atoms with Crippen LogP contribution in [0.3, 0.4) is 0 Å². The molecule has 0 aromatic heterocycles. The molecule has 0 saturated carbocycles. The van der Waals surface area contributed by atoms with Crippen molar-refractivity contribution in [1.29, 1.82) is 0 Å². The number of carbonyl (C=O) groups is 2. The second-order valence-electron chi connectivity index (χ2n) is 6.50. The van der Waals surface area contributed by atoms with Crippen molar-refractivity contribution in [3.8, 4) is 0 Å². The summed E-state index contributed by atoms with van der Waals surface area (Å²) in [5.41, 5.74) is -0.221. The van der Waals surface area contributed by atoms with E-state index in [1.54, 1.807) is 6.92 Å². The molecule has 2 N–H and O–H groups in total. The topological polar surface area (TPSA) is 61.4 Å². The lowest BCUT2D eigenvalue weighted by molar-refractivity contribution is -0.145. The Kier molecular flexibility index (Phi) is 4.68. The largest absolute Gasteiger partial charge is 0.353 e. The molecule has 0 aromatic carbocycles. The van der Waals surface area contributed by atoms with Crippen LogP contribution in [0.15, 0.2) is 0 Å². The standard InChI is InChI=1S/C15H27N3O2/c1-11(2)15(6-7-16-10-15)14(20)18-8-4-13(5-9-18)17-12(3)19/h11,13,16H,4-10H2,1-3H3,(H,17,19). The summed E-state index contributed by atoms with van der Waals surface area (Å²) >= 11 is 0. The highest BCUT2D eigenvalue weighted by Gasteiger charge is 2.46. The predicted octanol–water partition coefficient (Wildman–Crippen LogP) is 0.749. The summed E-state index contributed by atoms with van der Waals surface area (Å²) in [6.07, 6.45) is 2.68. The Bertz CT molecular complexity index is 367. The van der Waals surface area contributed by atoms with Crippen molar-refractivity contribution >= 4 is 11.8 Å². The van der Waals surface area contributed by atoms with Crippen molar-refractivity contribution in [3.63, 3.8) is 0 Å². The van der Waals surface area contributed by atoms with Crippen molar-refractivity contribution in [3.05, 3.63) is 0 Å². The minimum absolute atomic E-state index is 0.0217. The van der Waals surface area contributed by atoms with Crippen LogP contribution in [-0.4, -0.2) is 48.9 Å². The number of carbonyl (C=O) groups excluding carboxylic acids is 2. The third-order valence-corrected chi connectivity index (χ3v) is 4.91. The van der Waals surface area contributed by atoms with E-state index in [0.29, 0.717) is 11.8 Å². The Morgan fingerprint density at radius 1 is 1.30 bits per heavy atom. The van der Waals surface area contributed by atoms with Crippen molar-refractivity contribution in [2.75, 3.05) is 26.2 Å². The molecule has 114 valence electrons. The van der Waals surface area contributed by atoms with E-state index < -0.39 is 0 Å². The first-order chi connectivity index (χ1) is 9.45. The molecule has 5 heteroatoms. The smallest absolute Gasteiger partial charge is 0.230 e. The second-order valence-corrected chi connectivity index (χ2v) is 6.50. The maximum atomic E-state index is 12.9. The summed E-state index contributed by atoms with van der Waals surface area (Å²) in [5, 5.41) is 6.30. The predicted molar refractivity (Wildman–Crippen MR) is 78.2 cm³/mol. The van der Waals surface area contributed by atoms with Crippen LogP contribution in [0.5, 0.6) is 0 Å². The number of hydrogen-bond donors (Lipinski definition) is 2. The van der Waals surface area contributed by atoms with E-state index in [1.165, 1.54) is 0 Å². The number of likely N-dealkylation sites (tertiary alicyclic amines) is 1. The van der Waals surface area contributed by atoms with Crippen LogP contribution in [0.1, 0.15) is 40.0 Å². The van der Waals surface area contributed by atoms with Crippen LogP contribution in [-0.2, 0) is 9.59 Å². The highest BCUT2D eigenvalue weighted by molar-refractivity contribution is 5.84. The summed E-state index contributed by atoms with van der Waals surface area (Å²) < 4.78 is 0. The number of hydrogen-bond acceptors (Lipinski definition) is 3. The van der Waals surface area contributed by atoms with Gasteiger partial charge in [-0.1, -0.05) is 13.8 Å². The number of nitrogens with zero attached hydrogens (tertiary/aromatic N) is 1. The summed E-state index contributed by atoms with van der Waals surface area (Å²) in [6, 6.07) is 0.230. The molecular formula is C15H27N3O2. The second kappa shape index (κ2) is 6.12. The van der Waals surface area contributed by atoms with Gasteiger partial charge in [0.05, 0.1) is 5.41 Å². The van der Waals surface area contributed by atoms with Gasteiger partial charge in [-0.25, -0.2) is 0 Å². The zero-order valence-corrected chi connectivity index (χ0v) is 12.9. The fraction of sp³-hybridized carbons (Fsp3) is 0.867. The van der Waals surface area contributed by atoms with E-state index in [9.17, 15) is 9.59 Å². The van der Waals surface area contributed by atoms with Crippen LogP contribution in [0.2, 0.25) is 0 Å². The van der Waals surface area contributed by atoms with Crippen LogP contribution in [0, 0.1) is 11.3 Å². The van der Waals surface area contributed by atoms with E-state index in [0.717, 1.165) is 45.4 Å². The van der Waals surface area contributed by atoms with Gasteiger partial charge in [-0.3, -0.25) is 9.59 Å². The quantitative estimate of drug-likeness (QED) is 0.802. The molecule has 0 radical (unpaired) electrons. The molecule has 2 heterocycles. The summed E-state index contributed by atoms with van der Waals surface area (Å²) in [7, 11) is 0. The average Bonchev–Trinajstić information content (AvgIpc) is 2.88. The Morgan fingerprint density at radius 2 is 1.95 bits per heavy atom. The summed E-state index contributed by atoms with van der Waals surface area (Å²) in [5.74, 6) is 0.685. The monoisotopic (exact) mass is 281 g/mol. The molecule has 20 heavy (non-hydrogen) atoms. The molecule has 2 saturated heterocycles. The van der Waals surface area contributed by atoms with Gasteiger partial charge in [0, 0.05) is 32.6 Å². The van der Waals surface area contributed by atoms with Crippen molar-refractivity contribution in [2.45, 2.75) is 46.1 Å². The summed E-state index contributed by atoms with van der Waals surface area (Å²) in [4.78, 5) is 26.0. The maximum Gasteiger partial charge on any atom is 0.230 e. The van der Waals surface area contributed by atoms with Gasteiger partial charge in [-0.05, 0) is 31.7 Å². The van der Waals surface area contributed by atoms with Crippen LogP contribution >= 0.6 is 0 Å². The molecule has 2 fully saturated rings. The first kappa shape index (κ1) is 15.3. The SMILES string of the molecule is CC(=O)NC1CCN(C(=O)C2(C(C)C)CCNC2)CC1. The van der Waals surface area contributed by atoms with Crippen LogP contribution < -0.4 is 10.6 Å². The normalized spacial score (nSPS) is 27.9. The van der Waals surface area contributed by atoms with Gasteiger partial charge in [-0.15, -0.1) is 0 Å². The van der Waals surface area contributed by atoms with E-state index >= 15 is 0 Å². The van der Waals surface area contributed by atoms with Gasteiger partial charge in [0.15, 0.2) is 0 Å². The Balaban J connectivity index is 1.95. The lowest BCUT2D eigenvalue weighted by atomic mass is 9.75. The van der Waals surface area contributed by atoms with Gasteiger partial charge in [0.25, 0.3) is 0 Å². The first-order valence-electron chi connectivity index (χ1n) is 7.73. The third-order valence-electron chi connectivity index (χ3n) is 4.91. The molecule has 1 unspecified atom stereocenters. The Hall–Kier alpha value is -1.10. The molecule has 1 atom stereocenters. The molecule has 2 aliphatic heterocycles. The fourth-order valence-corrected chi connectivity index (χ4v) is 3.46. The third kappa shape index (κ3) is 2.97. The molecule has 5 nitrogen and oxygen atoms in total. The number of piperidine rings is 1. The lowest BCUT2D eigenvalue weighted by Gasteiger charge is -2.40. The van der Waals surface area contributed by atoms with Gasteiger partial charge >= 0.3 is 0 Å². The fourth-order valence-electron chi connectivity index (χ4n) is 3.46. The minimum Gasteiger partial charge on any atom is -0.353 e. The zero-order chi connectivity index (χ0) is 14.8. The van der Waals surface area contributed by atoms with Gasteiger partial charge in [0.2, 0.25) is 11.8 Å². The molecule has 2 aliphatic rings. The van der Waals surface area contributed by atoms with Gasteiger partial charge in [0.1, 0.15) is 0 Å². The number of nitrogens with one attached hydrogen (secondary N) is 2. The van der Waals surface area contributed by atoms with Crippen molar-refractivity contribution in [1.82, 2.24) is 15.5 Å². The summed E-state index contributed by atoms with van der Waals surface area (Å²) in [6.45, 7) is 9.11. The molecule has 2 rings (SSSR count).